The third-order valence-corrected chi connectivity index (χ3v) is 2.59. The average molecular weight is 301 g/mol. The van der Waals surface area contributed by atoms with Crippen molar-refractivity contribution in [1.29, 1.82) is 0 Å². The van der Waals surface area contributed by atoms with E-state index in [-0.39, 0.29) is 13.0 Å². The maximum atomic E-state index is 11.9. The van der Waals surface area contributed by atoms with E-state index < -0.39 is 31.0 Å². The fourth-order valence-electron chi connectivity index (χ4n) is 1.61. The van der Waals surface area contributed by atoms with Crippen LogP contribution in [0.5, 0.6) is 0 Å². The number of ether oxygens (including phenoxy) is 2. The van der Waals surface area contributed by atoms with E-state index in [2.05, 4.69) is 14.8 Å². The van der Waals surface area contributed by atoms with E-state index in [1.54, 1.807) is 30.3 Å². The number of carbonyl (C=O) groups is 2. The Morgan fingerprint density at radius 3 is 2.48 bits per heavy atom. The summed E-state index contributed by atoms with van der Waals surface area (Å²) in [5.74, 6) is -1.09. The predicted octanol–water partition coefficient (Wildman–Crippen LogP) is 1.69. The first kappa shape index (κ1) is 17.0. The lowest BCUT2D eigenvalue weighted by Gasteiger charge is -2.16. The number of benzene rings is 1. The Labute approximate surface area is 121 Å². The smallest absolute Gasteiger partial charge is 0.333 e. The summed E-state index contributed by atoms with van der Waals surface area (Å²) in [7, 11) is 1.22. The van der Waals surface area contributed by atoms with Crippen LogP contribution in [-0.2, 0) is 19.1 Å². The molecular weight excluding hydrogens is 284 g/mol. The molecule has 1 amide bonds. The Morgan fingerprint density at radius 1 is 1.24 bits per heavy atom. The summed E-state index contributed by atoms with van der Waals surface area (Å²) in [5, 5.41) is 2.49. The molecule has 0 heterocycles. The summed E-state index contributed by atoms with van der Waals surface area (Å²) in [6, 6.07) is 7.65. The second-order valence-electron chi connectivity index (χ2n) is 4.15. The largest absolute Gasteiger partial charge is 0.467 e. The molecule has 7 heteroatoms. The van der Waals surface area contributed by atoms with E-state index in [1.165, 1.54) is 7.11 Å². The van der Waals surface area contributed by atoms with Crippen molar-refractivity contribution in [2.45, 2.75) is 18.9 Å². The summed E-state index contributed by atoms with van der Waals surface area (Å²) < 4.78 is 33.0. The van der Waals surface area contributed by atoms with Crippen LogP contribution in [0.3, 0.4) is 0 Å². The summed E-state index contributed by atoms with van der Waals surface area (Å²) >= 11 is 0. The van der Waals surface area contributed by atoms with Crippen molar-refractivity contribution in [2.75, 3.05) is 20.3 Å². The molecule has 1 aromatic rings. The highest BCUT2D eigenvalue weighted by Crippen LogP contribution is 2.14. The van der Waals surface area contributed by atoms with Gasteiger partial charge in [0, 0.05) is 6.42 Å². The van der Waals surface area contributed by atoms with Gasteiger partial charge in [-0.2, -0.15) is 0 Å². The van der Waals surface area contributed by atoms with E-state index in [0.29, 0.717) is 5.56 Å². The van der Waals surface area contributed by atoms with E-state index in [0.717, 1.165) is 0 Å². The molecule has 1 rings (SSSR count). The van der Waals surface area contributed by atoms with Gasteiger partial charge >= 0.3 is 5.97 Å². The minimum atomic E-state index is -2.57. The van der Waals surface area contributed by atoms with Crippen LogP contribution in [0.1, 0.15) is 18.0 Å². The van der Waals surface area contributed by atoms with E-state index in [1.807, 2.05) is 0 Å². The number of esters is 1. The van der Waals surface area contributed by atoms with Gasteiger partial charge in [0.15, 0.2) is 6.04 Å². The Hall–Kier alpha value is -2.02. The van der Waals surface area contributed by atoms with Crippen molar-refractivity contribution in [1.82, 2.24) is 5.32 Å². The molecule has 0 aromatic heterocycles. The number of methoxy groups -OCH3 is 1. The van der Waals surface area contributed by atoms with Crippen LogP contribution in [0, 0.1) is 0 Å². The van der Waals surface area contributed by atoms with Gasteiger partial charge < -0.3 is 14.8 Å². The summed E-state index contributed by atoms with van der Waals surface area (Å²) in [6.45, 7) is -0.856. The zero-order chi connectivity index (χ0) is 15.7. The Kier molecular flexibility index (Phi) is 7.31. The third kappa shape index (κ3) is 6.31. The molecule has 0 aliphatic heterocycles. The Balaban J connectivity index is 2.53. The maximum Gasteiger partial charge on any atom is 0.333 e. The average Bonchev–Trinajstić information content (AvgIpc) is 2.49. The molecule has 0 saturated carbocycles. The molecule has 0 radical (unpaired) electrons. The lowest BCUT2D eigenvalue weighted by molar-refractivity contribution is -0.145. The topological polar surface area (TPSA) is 64.6 Å². The number of hydrogen-bond acceptors (Lipinski definition) is 4. The molecular formula is C14H17F2NO4. The van der Waals surface area contributed by atoms with Crippen LogP contribution in [0.25, 0.3) is 0 Å². The second-order valence-corrected chi connectivity index (χ2v) is 4.15. The highest BCUT2D eigenvalue weighted by Gasteiger charge is 2.23. The number of rotatable bonds is 8. The molecule has 0 fully saturated rings. The van der Waals surface area contributed by atoms with Crippen molar-refractivity contribution < 1.29 is 27.8 Å². The number of amides is 1. The quantitative estimate of drug-likeness (QED) is 0.586. The molecule has 116 valence electrons. The van der Waals surface area contributed by atoms with Gasteiger partial charge in [-0.1, -0.05) is 30.3 Å². The first-order chi connectivity index (χ1) is 10.0. The highest BCUT2D eigenvalue weighted by atomic mass is 19.3. The molecule has 0 aliphatic rings. The highest BCUT2D eigenvalue weighted by molar-refractivity contribution is 5.85. The maximum absolute atomic E-state index is 11.9. The summed E-state index contributed by atoms with van der Waals surface area (Å²) in [4.78, 5) is 23.4. The number of nitrogens with one attached hydrogen (secondary N) is 1. The first-order valence-corrected chi connectivity index (χ1v) is 6.32. The molecule has 0 aliphatic carbocycles. The fraction of sp³-hybridized carbons (Fsp3) is 0.429. The van der Waals surface area contributed by atoms with Crippen molar-refractivity contribution >= 4 is 11.9 Å². The minimum absolute atomic E-state index is 0.118. The van der Waals surface area contributed by atoms with Crippen molar-refractivity contribution in [3.8, 4) is 0 Å². The third-order valence-electron chi connectivity index (χ3n) is 2.59. The molecule has 0 saturated heterocycles. The first-order valence-electron chi connectivity index (χ1n) is 6.32. The van der Waals surface area contributed by atoms with E-state index in [9.17, 15) is 18.4 Å². The lowest BCUT2D eigenvalue weighted by Crippen LogP contribution is -2.35. The summed E-state index contributed by atoms with van der Waals surface area (Å²) in [6.07, 6.45) is -2.69. The Bertz CT molecular complexity index is 454. The van der Waals surface area contributed by atoms with Crippen LogP contribution in [0.4, 0.5) is 8.78 Å². The number of halogens is 2. The molecule has 1 N–H and O–H groups in total. The molecule has 0 bridgehead atoms. The zero-order valence-electron chi connectivity index (χ0n) is 11.6. The lowest BCUT2D eigenvalue weighted by atomic mass is 10.1. The van der Waals surface area contributed by atoms with Crippen molar-refractivity contribution in [3.63, 3.8) is 0 Å². The SMILES string of the molecule is COC(=O)C(NC(=O)CCOCC(F)F)c1ccccc1. The van der Waals surface area contributed by atoms with Crippen LogP contribution < -0.4 is 5.32 Å². The van der Waals surface area contributed by atoms with Gasteiger partial charge in [-0.3, -0.25) is 4.79 Å². The number of hydrogen-bond donors (Lipinski definition) is 1. The van der Waals surface area contributed by atoms with Gasteiger partial charge in [-0.15, -0.1) is 0 Å². The monoisotopic (exact) mass is 301 g/mol. The molecule has 5 nitrogen and oxygen atoms in total. The van der Waals surface area contributed by atoms with Crippen LogP contribution in [0.2, 0.25) is 0 Å². The van der Waals surface area contributed by atoms with Crippen LogP contribution in [-0.4, -0.2) is 38.6 Å². The number of carbonyl (C=O) groups excluding carboxylic acids is 2. The molecule has 1 aromatic carbocycles. The minimum Gasteiger partial charge on any atom is -0.467 e. The van der Waals surface area contributed by atoms with Gasteiger partial charge in [-0.05, 0) is 5.56 Å². The van der Waals surface area contributed by atoms with Gasteiger partial charge in [0.25, 0.3) is 6.43 Å². The second kappa shape index (κ2) is 9.02. The van der Waals surface area contributed by atoms with E-state index >= 15 is 0 Å². The predicted molar refractivity (Wildman–Crippen MR) is 70.8 cm³/mol. The zero-order valence-corrected chi connectivity index (χ0v) is 11.6. The Morgan fingerprint density at radius 2 is 1.90 bits per heavy atom. The molecule has 1 atom stereocenters. The van der Waals surface area contributed by atoms with Crippen LogP contribution >= 0.6 is 0 Å². The number of alkyl halides is 2. The normalized spacial score (nSPS) is 12.0. The van der Waals surface area contributed by atoms with Gasteiger partial charge in [0.05, 0.1) is 13.7 Å². The van der Waals surface area contributed by atoms with Crippen molar-refractivity contribution in [3.05, 3.63) is 35.9 Å². The molecule has 21 heavy (non-hydrogen) atoms. The van der Waals surface area contributed by atoms with Crippen molar-refractivity contribution in [2.24, 2.45) is 0 Å². The standard InChI is InChI=1S/C14H17F2NO4/c1-20-14(19)13(10-5-3-2-4-6-10)17-12(18)7-8-21-9-11(15)16/h2-6,11,13H,7-9H2,1H3,(H,17,18). The van der Waals surface area contributed by atoms with E-state index in [4.69, 9.17) is 0 Å². The summed E-state index contributed by atoms with van der Waals surface area (Å²) in [5.41, 5.74) is 0.575. The fourth-order valence-corrected chi connectivity index (χ4v) is 1.61. The molecule has 1 unspecified atom stereocenters. The van der Waals surface area contributed by atoms with Crippen LogP contribution in [0.15, 0.2) is 30.3 Å². The molecule has 0 spiro atoms. The van der Waals surface area contributed by atoms with Gasteiger partial charge in [0.1, 0.15) is 6.61 Å². The van der Waals surface area contributed by atoms with Gasteiger partial charge in [0.2, 0.25) is 5.91 Å². The van der Waals surface area contributed by atoms with Gasteiger partial charge in [-0.25, -0.2) is 13.6 Å².